The molecule has 1 amide bonds. The number of amides is 1. The molecule has 0 fully saturated rings. The molecular formula is C13H18N2O3S. The Morgan fingerprint density at radius 3 is 2.74 bits per heavy atom. The Bertz CT molecular complexity index is 581. The molecule has 1 unspecified atom stereocenters. The summed E-state index contributed by atoms with van der Waals surface area (Å²) in [5.74, 6) is -0.513. The molecule has 1 aliphatic rings. The van der Waals surface area contributed by atoms with Crippen LogP contribution in [0.2, 0.25) is 0 Å². The third kappa shape index (κ3) is 2.96. The van der Waals surface area contributed by atoms with Gasteiger partial charge in [-0.3, -0.25) is 9.52 Å². The molecule has 0 saturated heterocycles. The Balaban J connectivity index is 2.23. The highest BCUT2D eigenvalue weighted by atomic mass is 32.2. The van der Waals surface area contributed by atoms with Crippen molar-refractivity contribution in [1.29, 1.82) is 0 Å². The van der Waals surface area contributed by atoms with Gasteiger partial charge in [-0.2, -0.15) is 0 Å². The van der Waals surface area contributed by atoms with Crippen LogP contribution < -0.4 is 10.0 Å². The number of carbonyl (C=O) groups is 1. The summed E-state index contributed by atoms with van der Waals surface area (Å²) in [7, 11) is -3.59. The molecule has 1 aliphatic heterocycles. The van der Waals surface area contributed by atoms with E-state index in [1.165, 1.54) is 13.8 Å². The molecular weight excluding hydrogens is 264 g/mol. The van der Waals surface area contributed by atoms with Crippen molar-refractivity contribution in [2.45, 2.75) is 31.6 Å². The average molecular weight is 282 g/mol. The van der Waals surface area contributed by atoms with E-state index in [1.807, 2.05) is 24.3 Å². The third-order valence-corrected chi connectivity index (χ3v) is 4.96. The second kappa shape index (κ2) is 5.30. The van der Waals surface area contributed by atoms with Gasteiger partial charge in [0.25, 0.3) is 5.91 Å². The number of carbonyl (C=O) groups excluding carboxylic acids is 1. The molecule has 104 valence electrons. The van der Waals surface area contributed by atoms with Crippen LogP contribution in [0.5, 0.6) is 0 Å². The Hall–Kier alpha value is -1.40. The van der Waals surface area contributed by atoms with Gasteiger partial charge < -0.3 is 5.32 Å². The zero-order valence-electron chi connectivity index (χ0n) is 11.0. The van der Waals surface area contributed by atoms with Crippen molar-refractivity contribution in [2.24, 2.45) is 0 Å². The van der Waals surface area contributed by atoms with Crippen molar-refractivity contribution in [3.8, 4) is 0 Å². The fourth-order valence-electron chi connectivity index (χ4n) is 2.06. The third-order valence-electron chi connectivity index (χ3n) is 3.23. The predicted octanol–water partition coefficient (Wildman–Crippen LogP) is 0.728. The molecule has 0 aromatic heterocycles. The maximum atomic E-state index is 12.1. The lowest BCUT2D eigenvalue weighted by atomic mass is 9.94. The molecule has 1 heterocycles. The van der Waals surface area contributed by atoms with Gasteiger partial charge in [-0.1, -0.05) is 24.3 Å². The lowest BCUT2D eigenvalue weighted by Crippen LogP contribution is -2.45. The van der Waals surface area contributed by atoms with Crippen LogP contribution in [0.4, 0.5) is 0 Å². The van der Waals surface area contributed by atoms with E-state index >= 15 is 0 Å². The number of rotatable bonds is 3. The number of nitrogens with one attached hydrogen (secondary N) is 2. The molecule has 0 radical (unpaired) electrons. The SMILES string of the molecule is CC(C)S(=O)(=O)NC(=O)C1NCCc2ccccc21. The Kier molecular flexibility index (Phi) is 3.91. The summed E-state index contributed by atoms with van der Waals surface area (Å²) in [6.07, 6.45) is 0.844. The normalized spacial score (nSPS) is 19.0. The molecule has 1 aromatic rings. The first-order chi connectivity index (χ1) is 8.92. The van der Waals surface area contributed by atoms with Gasteiger partial charge >= 0.3 is 0 Å². The van der Waals surface area contributed by atoms with Crippen molar-refractivity contribution in [2.75, 3.05) is 6.54 Å². The highest BCUT2D eigenvalue weighted by Gasteiger charge is 2.29. The Morgan fingerprint density at radius 2 is 2.05 bits per heavy atom. The van der Waals surface area contributed by atoms with Crippen molar-refractivity contribution in [1.82, 2.24) is 10.0 Å². The van der Waals surface area contributed by atoms with Crippen LogP contribution in [-0.4, -0.2) is 26.1 Å². The van der Waals surface area contributed by atoms with Crippen molar-refractivity contribution in [3.05, 3.63) is 35.4 Å². The first kappa shape index (κ1) is 14.0. The number of benzene rings is 1. The minimum absolute atomic E-state index is 0.513. The molecule has 6 heteroatoms. The van der Waals surface area contributed by atoms with Crippen molar-refractivity contribution < 1.29 is 13.2 Å². The molecule has 1 aromatic carbocycles. The summed E-state index contributed by atoms with van der Waals surface area (Å²) in [5, 5.41) is 2.43. The van der Waals surface area contributed by atoms with Crippen LogP contribution >= 0.6 is 0 Å². The molecule has 5 nitrogen and oxygen atoms in total. The quantitative estimate of drug-likeness (QED) is 0.857. The van der Waals surface area contributed by atoms with Crippen LogP contribution in [0.3, 0.4) is 0 Å². The highest BCUT2D eigenvalue weighted by Crippen LogP contribution is 2.22. The smallest absolute Gasteiger partial charge is 0.255 e. The molecule has 0 bridgehead atoms. The van der Waals surface area contributed by atoms with Gasteiger partial charge in [0, 0.05) is 6.54 Å². The van der Waals surface area contributed by atoms with E-state index in [-0.39, 0.29) is 0 Å². The second-order valence-corrected chi connectivity index (χ2v) is 7.13. The summed E-state index contributed by atoms with van der Waals surface area (Å²) in [5.41, 5.74) is 1.94. The minimum atomic E-state index is -3.59. The van der Waals surface area contributed by atoms with Gasteiger partial charge in [-0.25, -0.2) is 8.42 Å². The van der Waals surface area contributed by atoms with E-state index in [9.17, 15) is 13.2 Å². The topological polar surface area (TPSA) is 75.3 Å². The van der Waals surface area contributed by atoms with Gasteiger partial charge in [0.15, 0.2) is 0 Å². The van der Waals surface area contributed by atoms with Gasteiger partial charge in [-0.15, -0.1) is 0 Å². The monoisotopic (exact) mass is 282 g/mol. The maximum absolute atomic E-state index is 12.1. The number of sulfonamides is 1. The number of hydrogen-bond acceptors (Lipinski definition) is 4. The van der Waals surface area contributed by atoms with E-state index in [2.05, 4.69) is 10.0 Å². The molecule has 0 aliphatic carbocycles. The number of fused-ring (bicyclic) bond motifs is 1. The van der Waals surface area contributed by atoms with Gasteiger partial charge in [0.1, 0.15) is 6.04 Å². The van der Waals surface area contributed by atoms with Crippen molar-refractivity contribution in [3.63, 3.8) is 0 Å². The molecule has 0 saturated carbocycles. The second-order valence-electron chi connectivity index (χ2n) is 4.90. The fourth-order valence-corrected chi connectivity index (χ4v) is 2.69. The lowest BCUT2D eigenvalue weighted by Gasteiger charge is -2.26. The molecule has 0 spiro atoms. The first-order valence-corrected chi connectivity index (χ1v) is 7.83. The lowest BCUT2D eigenvalue weighted by molar-refractivity contribution is -0.121. The summed E-state index contributed by atoms with van der Waals surface area (Å²) < 4.78 is 25.6. The summed E-state index contributed by atoms with van der Waals surface area (Å²) >= 11 is 0. The zero-order valence-corrected chi connectivity index (χ0v) is 11.8. The molecule has 2 rings (SSSR count). The van der Waals surface area contributed by atoms with E-state index in [0.29, 0.717) is 6.54 Å². The van der Waals surface area contributed by atoms with Crippen LogP contribution in [0, 0.1) is 0 Å². The van der Waals surface area contributed by atoms with Gasteiger partial charge in [-0.05, 0) is 31.4 Å². The summed E-state index contributed by atoms with van der Waals surface area (Å²) in [6, 6.07) is 6.99. The number of hydrogen-bond donors (Lipinski definition) is 2. The van der Waals surface area contributed by atoms with Crippen LogP contribution in [0.25, 0.3) is 0 Å². The maximum Gasteiger partial charge on any atom is 0.255 e. The summed E-state index contributed by atoms with van der Waals surface area (Å²) in [6.45, 7) is 3.74. The van der Waals surface area contributed by atoms with E-state index in [1.54, 1.807) is 0 Å². The standard InChI is InChI=1S/C13H18N2O3S/c1-9(2)19(17,18)15-13(16)12-11-6-4-3-5-10(11)7-8-14-12/h3-6,9,12,14H,7-8H2,1-2H3,(H,15,16). The molecule has 2 N–H and O–H groups in total. The fraction of sp³-hybridized carbons (Fsp3) is 0.462. The van der Waals surface area contributed by atoms with E-state index in [0.717, 1.165) is 17.5 Å². The van der Waals surface area contributed by atoms with Crippen LogP contribution in [0.1, 0.15) is 31.0 Å². The Labute approximate surface area is 113 Å². The highest BCUT2D eigenvalue weighted by molar-refractivity contribution is 7.90. The Morgan fingerprint density at radius 1 is 1.37 bits per heavy atom. The largest absolute Gasteiger partial charge is 0.302 e. The van der Waals surface area contributed by atoms with Crippen LogP contribution in [-0.2, 0) is 21.2 Å². The van der Waals surface area contributed by atoms with Crippen molar-refractivity contribution >= 4 is 15.9 Å². The molecule has 1 atom stereocenters. The first-order valence-electron chi connectivity index (χ1n) is 6.28. The van der Waals surface area contributed by atoms with Crippen LogP contribution in [0.15, 0.2) is 24.3 Å². The summed E-state index contributed by atoms with van der Waals surface area (Å²) in [4.78, 5) is 12.1. The zero-order chi connectivity index (χ0) is 14.0. The predicted molar refractivity (Wildman–Crippen MR) is 73.1 cm³/mol. The molecule has 19 heavy (non-hydrogen) atoms. The van der Waals surface area contributed by atoms with E-state index < -0.39 is 27.2 Å². The van der Waals surface area contributed by atoms with Gasteiger partial charge in [0.2, 0.25) is 10.0 Å². The van der Waals surface area contributed by atoms with Gasteiger partial charge in [0.05, 0.1) is 5.25 Å². The average Bonchev–Trinajstić information content (AvgIpc) is 2.37. The minimum Gasteiger partial charge on any atom is -0.302 e. The van der Waals surface area contributed by atoms with E-state index in [4.69, 9.17) is 0 Å².